The number of rotatable bonds is 5. The van der Waals surface area contributed by atoms with Gasteiger partial charge >= 0.3 is 0 Å². The summed E-state index contributed by atoms with van der Waals surface area (Å²) in [6, 6.07) is 3.68. The van der Waals surface area contributed by atoms with E-state index in [-0.39, 0.29) is 6.10 Å². The molecule has 3 nitrogen and oxygen atoms in total. The van der Waals surface area contributed by atoms with Gasteiger partial charge in [-0.05, 0) is 12.5 Å². The molecular formula is C11H17NO2. The van der Waals surface area contributed by atoms with E-state index in [1.54, 1.807) is 19.4 Å². The third-order valence-electron chi connectivity index (χ3n) is 2.27. The Kier molecular flexibility index (Phi) is 4.40. The van der Waals surface area contributed by atoms with Gasteiger partial charge in [-0.3, -0.25) is 0 Å². The predicted octanol–water partition coefficient (Wildman–Crippen LogP) is 2.20. The monoisotopic (exact) mass is 195 g/mol. The third-order valence-corrected chi connectivity index (χ3v) is 2.27. The average molecular weight is 195 g/mol. The minimum atomic E-state index is 0.0522. The van der Waals surface area contributed by atoms with E-state index in [0.29, 0.717) is 0 Å². The highest BCUT2D eigenvalue weighted by Crippen LogP contribution is 2.20. The Bertz CT molecular complexity index is 276. The Labute approximate surface area is 84.9 Å². The summed E-state index contributed by atoms with van der Waals surface area (Å²) in [5.41, 5.74) is 0.957. The highest BCUT2D eigenvalue weighted by Gasteiger charge is 2.11. The molecule has 1 aromatic rings. The predicted molar refractivity (Wildman–Crippen MR) is 54.7 cm³/mol. The largest absolute Gasteiger partial charge is 0.619 e. The number of hydrogen-bond acceptors (Lipinski definition) is 2. The van der Waals surface area contributed by atoms with Gasteiger partial charge in [-0.2, -0.15) is 4.73 Å². The van der Waals surface area contributed by atoms with E-state index in [9.17, 15) is 5.21 Å². The van der Waals surface area contributed by atoms with Crippen molar-refractivity contribution in [3.63, 3.8) is 0 Å². The second-order valence-electron chi connectivity index (χ2n) is 3.36. The van der Waals surface area contributed by atoms with Crippen molar-refractivity contribution >= 4 is 0 Å². The topological polar surface area (TPSA) is 36.2 Å². The molecule has 3 heteroatoms. The summed E-state index contributed by atoms with van der Waals surface area (Å²) in [5, 5.41) is 11.0. The van der Waals surface area contributed by atoms with Gasteiger partial charge in [-0.15, -0.1) is 0 Å². The number of methoxy groups -OCH3 is 1. The van der Waals surface area contributed by atoms with Gasteiger partial charge in [0.15, 0.2) is 12.4 Å². The number of hydrogen-bond donors (Lipinski definition) is 0. The molecule has 78 valence electrons. The van der Waals surface area contributed by atoms with Crippen molar-refractivity contribution < 1.29 is 9.47 Å². The minimum absolute atomic E-state index is 0.0522. The zero-order valence-corrected chi connectivity index (χ0v) is 8.77. The molecule has 1 rings (SSSR count). The number of pyridine rings is 1. The van der Waals surface area contributed by atoms with E-state index < -0.39 is 0 Å². The molecule has 0 aliphatic rings. The van der Waals surface area contributed by atoms with Crippen LogP contribution in [0.4, 0.5) is 0 Å². The van der Waals surface area contributed by atoms with Gasteiger partial charge in [-0.1, -0.05) is 19.8 Å². The Morgan fingerprint density at radius 1 is 1.57 bits per heavy atom. The smallest absolute Gasteiger partial charge is 0.186 e. The third kappa shape index (κ3) is 3.00. The van der Waals surface area contributed by atoms with Gasteiger partial charge in [-0.25, -0.2) is 0 Å². The van der Waals surface area contributed by atoms with E-state index >= 15 is 0 Å². The van der Waals surface area contributed by atoms with E-state index in [4.69, 9.17) is 4.74 Å². The van der Waals surface area contributed by atoms with Crippen LogP contribution in [0.15, 0.2) is 24.5 Å². The Hall–Kier alpha value is -1.09. The molecule has 0 spiro atoms. The summed E-state index contributed by atoms with van der Waals surface area (Å²) >= 11 is 0. The maximum absolute atomic E-state index is 11.0. The summed E-state index contributed by atoms with van der Waals surface area (Å²) < 4.78 is 6.15. The van der Waals surface area contributed by atoms with E-state index in [1.165, 1.54) is 6.20 Å². The maximum Gasteiger partial charge on any atom is 0.186 e. The lowest BCUT2D eigenvalue weighted by molar-refractivity contribution is -0.606. The van der Waals surface area contributed by atoms with Crippen LogP contribution in [-0.2, 0) is 4.74 Å². The first-order valence-electron chi connectivity index (χ1n) is 4.99. The quantitative estimate of drug-likeness (QED) is 0.533. The fourth-order valence-corrected chi connectivity index (χ4v) is 1.47. The van der Waals surface area contributed by atoms with Crippen LogP contribution >= 0.6 is 0 Å². The molecule has 0 N–H and O–H groups in total. The minimum Gasteiger partial charge on any atom is -0.619 e. The molecule has 0 amide bonds. The molecule has 14 heavy (non-hydrogen) atoms. The first kappa shape index (κ1) is 11.0. The molecule has 1 aromatic heterocycles. The molecule has 0 aliphatic carbocycles. The summed E-state index contributed by atoms with van der Waals surface area (Å²) in [7, 11) is 1.68. The van der Waals surface area contributed by atoms with Crippen LogP contribution in [0.2, 0.25) is 0 Å². The van der Waals surface area contributed by atoms with Gasteiger partial charge < -0.3 is 9.94 Å². The lowest BCUT2D eigenvalue weighted by Crippen LogP contribution is -2.25. The van der Waals surface area contributed by atoms with E-state index in [0.717, 1.165) is 29.6 Å². The number of ether oxygens (including phenoxy) is 1. The summed E-state index contributed by atoms with van der Waals surface area (Å²) in [5.74, 6) is 0. The van der Waals surface area contributed by atoms with Crippen molar-refractivity contribution in [1.29, 1.82) is 0 Å². The van der Waals surface area contributed by atoms with Crippen LogP contribution in [-0.4, -0.2) is 7.11 Å². The van der Waals surface area contributed by atoms with E-state index in [2.05, 4.69) is 6.92 Å². The second kappa shape index (κ2) is 5.60. The first-order valence-corrected chi connectivity index (χ1v) is 4.99. The fourth-order valence-electron chi connectivity index (χ4n) is 1.47. The van der Waals surface area contributed by atoms with Crippen LogP contribution in [0, 0.1) is 5.21 Å². The lowest BCUT2D eigenvalue weighted by atomic mass is 10.1. The zero-order valence-electron chi connectivity index (χ0n) is 8.77. The summed E-state index contributed by atoms with van der Waals surface area (Å²) in [6.45, 7) is 2.14. The van der Waals surface area contributed by atoms with E-state index in [1.807, 2.05) is 6.07 Å². The van der Waals surface area contributed by atoms with Gasteiger partial charge in [0, 0.05) is 18.7 Å². The number of nitrogens with zero attached hydrogens (tertiary/aromatic N) is 1. The lowest BCUT2D eigenvalue weighted by Gasteiger charge is -2.13. The molecule has 0 radical (unpaired) electrons. The van der Waals surface area contributed by atoms with Crippen LogP contribution < -0.4 is 4.73 Å². The molecule has 1 unspecified atom stereocenters. The van der Waals surface area contributed by atoms with Crippen LogP contribution in [0.1, 0.15) is 37.9 Å². The van der Waals surface area contributed by atoms with Gasteiger partial charge in [0.05, 0.1) is 6.10 Å². The van der Waals surface area contributed by atoms with Crippen molar-refractivity contribution in [2.24, 2.45) is 0 Å². The van der Waals surface area contributed by atoms with Crippen LogP contribution in [0.3, 0.4) is 0 Å². The van der Waals surface area contributed by atoms with Crippen molar-refractivity contribution in [2.45, 2.75) is 32.3 Å². The average Bonchev–Trinajstić information content (AvgIpc) is 2.19. The number of aromatic nitrogens is 1. The van der Waals surface area contributed by atoms with Crippen molar-refractivity contribution in [3.8, 4) is 0 Å². The molecular weight excluding hydrogens is 178 g/mol. The molecule has 0 aromatic carbocycles. The normalized spacial score (nSPS) is 12.7. The van der Waals surface area contributed by atoms with Crippen molar-refractivity contribution in [3.05, 3.63) is 35.3 Å². The highest BCUT2D eigenvalue weighted by atomic mass is 16.5. The zero-order chi connectivity index (χ0) is 10.4. The molecule has 0 saturated carbocycles. The molecule has 0 fully saturated rings. The fraction of sp³-hybridized carbons (Fsp3) is 0.545. The molecule has 0 saturated heterocycles. The Balaban J connectivity index is 2.68. The van der Waals surface area contributed by atoms with Crippen molar-refractivity contribution in [2.75, 3.05) is 7.11 Å². The molecule has 1 heterocycles. The van der Waals surface area contributed by atoms with Crippen LogP contribution in [0.5, 0.6) is 0 Å². The molecule has 1 atom stereocenters. The molecule has 0 aliphatic heterocycles. The Morgan fingerprint density at radius 2 is 2.36 bits per heavy atom. The first-order chi connectivity index (χ1) is 6.77. The summed E-state index contributed by atoms with van der Waals surface area (Å²) in [6.07, 6.45) is 6.34. The summed E-state index contributed by atoms with van der Waals surface area (Å²) in [4.78, 5) is 0. The Morgan fingerprint density at radius 3 is 2.93 bits per heavy atom. The van der Waals surface area contributed by atoms with Crippen molar-refractivity contribution in [1.82, 2.24) is 0 Å². The maximum atomic E-state index is 11.0. The SMILES string of the molecule is CCCCC(OC)c1ccc[n+]([O-])c1. The highest BCUT2D eigenvalue weighted by molar-refractivity contribution is 5.09. The van der Waals surface area contributed by atoms with Gasteiger partial charge in [0.2, 0.25) is 0 Å². The number of unbranched alkanes of at least 4 members (excludes halogenated alkanes) is 1. The standard InChI is InChI=1S/C11H17NO2/c1-3-4-7-11(14-2)10-6-5-8-12(13)9-10/h5-6,8-9,11H,3-4,7H2,1-2H3. The molecule has 0 bridgehead atoms. The van der Waals surface area contributed by atoms with Gasteiger partial charge in [0.1, 0.15) is 0 Å². The van der Waals surface area contributed by atoms with Crippen LogP contribution in [0.25, 0.3) is 0 Å². The second-order valence-corrected chi connectivity index (χ2v) is 3.36. The van der Waals surface area contributed by atoms with Gasteiger partial charge in [0.25, 0.3) is 0 Å².